The van der Waals surface area contributed by atoms with Gasteiger partial charge in [0.25, 0.3) is 0 Å². The number of thiophene rings is 1. The van der Waals surface area contributed by atoms with Gasteiger partial charge in [-0.1, -0.05) is 24.3 Å². The number of hydrogen-bond donors (Lipinski definition) is 1. The monoisotopic (exact) mass is 374 g/mol. The minimum absolute atomic E-state index is 0.0442. The van der Waals surface area contributed by atoms with Crippen LogP contribution in [0.2, 0.25) is 0 Å². The molecule has 3 aromatic rings. The Balaban J connectivity index is 1.35. The van der Waals surface area contributed by atoms with Crippen LogP contribution in [0.1, 0.15) is 12.1 Å². The van der Waals surface area contributed by atoms with Gasteiger partial charge in [0.15, 0.2) is 0 Å². The molecule has 24 heavy (non-hydrogen) atoms. The number of nitrogens with zero attached hydrogens (tertiary/aromatic N) is 1. The van der Waals surface area contributed by atoms with Crippen molar-refractivity contribution in [3.8, 4) is 9.88 Å². The number of thioether (sulfide) groups is 1. The summed E-state index contributed by atoms with van der Waals surface area (Å²) in [6.07, 6.45) is 1.32. The third-order valence-electron chi connectivity index (χ3n) is 3.28. The highest BCUT2D eigenvalue weighted by Gasteiger charge is 2.09. The summed E-state index contributed by atoms with van der Waals surface area (Å²) in [5.41, 5.74) is 0.847. The Labute approximate surface area is 154 Å². The number of rotatable bonds is 8. The van der Waals surface area contributed by atoms with E-state index in [4.69, 9.17) is 0 Å². The fraction of sp³-hybridized carbons (Fsp3) is 0.222. The number of nitrogens with one attached hydrogen (secondary N) is 1. The van der Waals surface area contributed by atoms with Gasteiger partial charge in [0.1, 0.15) is 5.01 Å². The average molecular weight is 375 g/mol. The molecular formula is C18H18N2OS3. The van der Waals surface area contributed by atoms with Crippen molar-refractivity contribution in [3.05, 3.63) is 58.9 Å². The van der Waals surface area contributed by atoms with E-state index in [9.17, 15) is 4.79 Å². The van der Waals surface area contributed by atoms with Crippen LogP contribution in [0.3, 0.4) is 0 Å². The second kappa shape index (κ2) is 9.01. The molecule has 0 bridgehead atoms. The van der Waals surface area contributed by atoms with Crippen LogP contribution in [0.25, 0.3) is 9.88 Å². The third kappa shape index (κ3) is 5.19. The van der Waals surface area contributed by atoms with E-state index in [-0.39, 0.29) is 5.91 Å². The highest BCUT2D eigenvalue weighted by atomic mass is 32.2. The van der Waals surface area contributed by atoms with Crippen LogP contribution in [0.15, 0.2) is 58.1 Å². The van der Waals surface area contributed by atoms with E-state index >= 15 is 0 Å². The molecule has 0 unspecified atom stereocenters. The van der Waals surface area contributed by atoms with Crippen LogP contribution < -0.4 is 5.32 Å². The lowest BCUT2D eigenvalue weighted by atomic mass is 10.3. The fourth-order valence-corrected chi connectivity index (χ4v) is 4.64. The van der Waals surface area contributed by atoms with Gasteiger partial charge in [0.2, 0.25) is 5.91 Å². The number of hydrogen-bond acceptors (Lipinski definition) is 5. The van der Waals surface area contributed by atoms with Gasteiger partial charge < -0.3 is 5.32 Å². The van der Waals surface area contributed by atoms with E-state index in [1.54, 1.807) is 22.7 Å². The Hall–Kier alpha value is -1.63. The number of thiazole rings is 1. The largest absolute Gasteiger partial charge is 0.356 e. The highest BCUT2D eigenvalue weighted by Crippen LogP contribution is 2.27. The number of aromatic nitrogens is 1. The molecule has 2 heterocycles. The van der Waals surface area contributed by atoms with E-state index < -0.39 is 0 Å². The normalized spacial score (nSPS) is 10.7. The van der Waals surface area contributed by atoms with Crippen molar-refractivity contribution in [2.24, 2.45) is 0 Å². The molecular weight excluding hydrogens is 356 g/mol. The smallest absolute Gasteiger partial charge is 0.226 e. The first-order chi connectivity index (χ1) is 11.8. The van der Waals surface area contributed by atoms with Crippen molar-refractivity contribution in [2.45, 2.75) is 17.7 Å². The maximum absolute atomic E-state index is 12.0. The first-order valence-electron chi connectivity index (χ1n) is 7.74. The van der Waals surface area contributed by atoms with Crippen molar-refractivity contribution >= 4 is 40.3 Å². The number of benzene rings is 1. The van der Waals surface area contributed by atoms with Crippen LogP contribution in [-0.2, 0) is 11.2 Å². The number of carbonyl (C=O) groups is 1. The zero-order valence-corrected chi connectivity index (χ0v) is 15.6. The zero-order valence-electron chi connectivity index (χ0n) is 13.1. The van der Waals surface area contributed by atoms with Crippen LogP contribution >= 0.6 is 34.4 Å². The van der Waals surface area contributed by atoms with Crippen molar-refractivity contribution in [3.63, 3.8) is 0 Å². The average Bonchev–Trinajstić information content (AvgIpc) is 3.27. The standard InChI is InChI=1S/C18H18N2OS3/c21-17(19-9-5-11-22-15-6-2-1-3-7-15)12-14-13-24-18(20-14)16-8-4-10-23-16/h1-4,6-8,10,13H,5,9,11-12H2,(H,19,21). The topological polar surface area (TPSA) is 42.0 Å². The number of amides is 1. The molecule has 0 aliphatic rings. The van der Waals surface area contributed by atoms with Crippen molar-refractivity contribution in [1.29, 1.82) is 0 Å². The third-order valence-corrected chi connectivity index (χ3v) is 6.31. The molecule has 0 aliphatic heterocycles. The lowest BCUT2D eigenvalue weighted by Crippen LogP contribution is -2.26. The van der Waals surface area contributed by atoms with Gasteiger partial charge in [0.05, 0.1) is 17.0 Å². The molecule has 3 rings (SSSR count). The van der Waals surface area contributed by atoms with Crippen molar-refractivity contribution < 1.29 is 4.79 Å². The Morgan fingerprint density at radius 2 is 2.00 bits per heavy atom. The Morgan fingerprint density at radius 1 is 1.12 bits per heavy atom. The summed E-state index contributed by atoms with van der Waals surface area (Å²) in [6, 6.07) is 14.4. The Morgan fingerprint density at radius 3 is 2.79 bits per heavy atom. The molecule has 0 atom stereocenters. The lowest BCUT2D eigenvalue weighted by molar-refractivity contribution is -0.120. The summed E-state index contributed by atoms with van der Waals surface area (Å²) in [6.45, 7) is 0.709. The highest BCUT2D eigenvalue weighted by molar-refractivity contribution is 7.99. The fourth-order valence-electron chi connectivity index (χ4n) is 2.14. The van der Waals surface area contributed by atoms with Crippen molar-refractivity contribution in [1.82, 2.24) is 10.3 Å². The molecule has 1 amide bonds. The van der Waals surface area contributed by atoms with Gasteiger partial charge in [-0.25, -0.2) is 4.98 Å². The molecule has 0 saturated heterocycles. The van der Waals surface area contributed by atoms with Gasteiger partial charge in [0, 0.05) is 16.8 Å². The zero-order chi connectivity index (χ0) is 16.6. The van der Waals surface area contributed by atoms with E-state index in [1.165, 1.54) is 4.90 Å². The van der Waals surface area contributed by atoms with E-state index in [2.05, 4.69) is 28.5 Å². The summed E-state index contributed by atoms with van der Waals surface area (Å²) in [5.74, 6) is 1.05. The summed E-state index contributed by atoms with van der Waals surface area (Å²) < 4.78 is 0. The minimum atomic E-state index is 0.0442. The molecule has 3 nitrogen and oxygen atoms in total. The van der Waals surface area contributed by atoms with Crippen LogP contribution in [-0.4, -0.2) is 23.2 Å². The minimum Gasteiger partial charge on any atom is -0.356 e. The molecule has 124 valence electrons. The second-order valence-electron chi connectivity index (χ2n) is 5.16. The quantitative estimate of drug-likeness (QED) is 0.458. The predicted molar refractivity (Wildman–Crippen MR) is 104 cm³/mol. The summed E-state index contributed by atoms with van der Waals surface area (Å²) >= 11 is 5.08. The van der Waals surface area contributed by atoms with Gasteiger partial charge in [-0.3, -0.25) is 4.79 Å². The summed E-state index contributed by atoms with van der Waals surface area (Å²) in [4.78, 5) is 19.0. The molecule has 6 heteroatoms. The first kappa shape index (κ1) is 17.2. The molecule has 0 saturated carbocycles. The summed E-state index contributed by atoms with van der Waals surface area (Å²) in [5, 5.41) is 7.98. The molecule has 0 fully saturated rings. The van der Waals surface area contributed by atoms with Crippen LogP contribution in [0.4, 0.5) is 0 Å². The van der Waals surface area contributed by atoms with Gasteiger partial charge >= 0.3 is 0 Å². The molecule has 1 N–H and O–H groups in total. The van der Waals surface area contributed by atoms with Crippen molar-refractivity contribution in [2.75, 3.05) is 12.3 Å². The Kier molecular flexibility index (Phi) is 6.46. The Bertz CT molecular complexity index is 754. The number of carbonyl (C=O) groups excluding carboxylic acids is 1. The molecule has 2 aromatic heterocycles. The van der Waals surface area contributed by atoms with Crippen LogP contribution in [0, 0.1) is 0 Å². The molecule has 0 aliphatic carbocycles. The van der Waals surface area contributed by atoms with E-state index in [0.717, 1.165) is 27.8 Å². The summed E-state index contributed by atoms with van der Waals surface area (Å²) in [7, 11) is 0. The maximum atomic E-state index is 12.0. The van der Waals surface area contributed by atoms with E-state index in [0.29, 0.717) is 13.0 Å². The van der Waals surface area contributed by atoms with E-state index in [1.807, 2.05) is 46.8 Å². The first-order valence-corrected chi connectivity index (χ1v) is 10.5. The van der Waals surface area contributed by atoms with Gasteiger partial charge in [-0.2, -0.15) is 0 Å². The molecule has 0 spiro atoms. The predicted octanol–water partition coefficient (Wildman–Crippen LogP) is 4.71. The van der Waals surface area contributed by atoms with Gasteiger partial charge in [-0.15, -0.1) is 34.4 Å². The maximum Gasteiger partial charge on any atom is 0.226 e. The molecule has 1 aromatic carbocycles. The lowest BCUT2D eigenvalue weighted by Gasteiger charge is -2.04. The second-order valence-corrected chi connectivity index (χ2v) is 8.14. The SMILES string of the molecule is O=C(Cc1csc(-c2cccs2)n1)NCCCSc1ccccc1. The van der Waals surface area contributed by atoms with Crippen LogP contribution in [0.5, 0.6) is 0 Å². The molecule has 0 radical (unpaired) electrons. The van der Waals surface area contributed by atoms with Gasteiger partial charge in [-0.05, 0) is 35.8 Å².